The Balaban J connectivity index is 1.40. The first kappa shape index (κ1) is 19.4. The molecule has 8 heteroatoms. The number of thiophene rings is 1. The van der Waals surface area contributed by atoms with Crippen molar-refractivity contribution in [1.29, 1.82) is 0 Å². The highest BCUT2D eigenvalue weighted by Gasteiger charge is 2.16. The van der Waals surface area contributed by atoms with Gasteiger partial charge in [-0.2, -0.15) is 0 Å². The number of carbonyl (C=O) groups is 1. The fraction of sp³-hybridized carbons (Fsp3) is 0.190. The lowest BCUT2D eigenvalue weighted by atomic mass is 10.1. The van der Waals surface area contributed by atoms with Gasteiger partial charge in [0, 0.05) is 29.7 Å². The lowest BCUT2D eigenvalue weighted by Crippen LogP contribution is -2.00. The largest absolute Gasteiger partial charge is 0.494 e. The molecule has 0 atom stereocenters. The Morgan fingerprint density at radius 2 is 1.97 bits per heavy atom. The number of carbonyl (C=O) groups excluding carboxylic acids is 1. The molecule has 148 valence electrons. The van der Waals surface area contributed by atoms with E-state index in [1.165, 1.54) is 11.3 Å². The van der Waals surface area contributed by atoms with Crippen molar-refractivity contribution in [3.63, 3.8) is 0 Å². The van der Waals surface area contributed by atoms with Crippen molar-refractivity contribution in [3.05, 3.63) is 78.2 Å². The zero-order valence-corrected chi connectivity index (χ0v) is 17.2. The van der Waals surface area contributed by atoms with Crippen molar-refractivity contribution >= 4 is 28.5 Å². The molecule has 3 aromatic heterocycles. The predicted octanol–water partition coefficient (Wildman–Crippen LogP) is 4.57. The van der Waals surface area contributed by atoms with Crippen molar-refractivity contribution in [1.82, 2.24) is 9.97 Å². The van der Waals surface area contributed by atoms with Crippen LogP contribution in [0.2, 0.25) is 0 Å². The summed E-state index contributed by atoms with van der Waals surface area (Å²) in [6, 6.07) is 13.3. The second-order valence-electron chi connectivity index (χ2n) is 6.54. The molecule has 0 aliphatic rings. The number of nitrogens with one attached hydrogen (secondary N) is 1. The number of hydrogen-bond donors (Lipinski definition) is 2. The highest BCUT2D eigenvalue weighted by Crippen LogP contribution is 2.27. The van der Waals surface area contributed by atoms with Crippen LogP contribution in [0.4, 0.5) is 0 Å². The summed E-state index contributed by atoms with van der Waals surface area (Å²) >= 11 is 2.36. The van der Waals surface area contributed by atoms with E-state index in [-0.39, 0.29) is 16.5 Å². The number of aryl methyl sites for hydroxylation is 2. The number of benzene rings is 1. The summed E-state index contributed by atoms with van der Waals surface area (Å²) in [5.74, 6) is 1.23. The third-order valence-electron chi connectivity index (χ3n) is 4.47. The number of hydrogen-bond acceptors (Lipinski definition) is 7. The van der Waals surface area contributed by atoms with Gasteiger partial charge in [0.25, 0.3) is 0 Å². The van der Waals surface area contributed by atoms with Crippen LogP contribution >= 0.6 is 22.7 Å². The van der Waals surface area contributed by atoms with Crippen molar-refractivity contribution < 1.29 is 14.3 Å². The van der Waals surface area contributed by atoms with Gasteiger partial charge in [0.05, 0.1) is 15.4 Å². The molecule has 1 aromatic carbocycles. The Kier molecular flexibility index (Phi) is 5.46. The maximum absolute atomic E-state index is 12.6. The van der Waals surface area contributed by atoms with Crippen LogP contribution in [0.25, 0.3) is 11.5 Å². The van der Waals surface area contributed by atoms with Gasteiger partial charge in [-0.3, -0.25) is 14.6 Å². The van der Waals surface area contributed by atoms with Crippen LogP contribution in [0.15, 0.2) is 51.7 Å². The monoisotopic (exact) mass is 426 g/mol. The van der Waals surface area contributed by atoms with E-state index in [9.17, 15) is 14.7 Å². The van der Waals surface area contributed by atoms with E-state index in [0.717, 1.165) is 33.2 Å². The lowest BCUT2D eigenvalue weighted by Gasteiger charge is -1.97. The molecule has 0 unspecified atom stereocenters. The maximum Gasteiger partial charge on any atom is 0.307 e. The van der Waals surface area contributed by atoms with E-state index >= 15 is 0 Å². The molecule has 0 radical (unpaired) electrons. The lowest BCUT2D eigenvalue weighted by molar-refractivity contribution is 0.0986. The number of aromatic nitrogens is 2. The van der Waals surface area contributed by atoms with Gasteiger partial charge in [-0.05, 0) is 31.2 Å². The van der Waals surface area contributed by atoms with Crippen LogP contribution in [-0.4, -0.2) is 20.9 Å². The molecule has 0 aliphatic carbocycles. The van der Waals surface area contributed by atoms with Gasteiger partial charge >= 0.3 is 4.87 Å². The minimum Gasteiger partial charge on any atom is -0.494 e. The second-order valence-corrected chi connectivity index (χ2v) is 8.78. The molecule has 0 spiro atoms. The number of rotatable bonds is 7. The first-order valence-electron chi connectivity index (χ1n) is 9.04. The number of H-pyrrole nitrogens is 1. The van der Waals surface area contributed by atoms with Crippen LogP contribution in [-0.2, 0) is 12.8 Å². The van der Waals surface area contributed by atoms with E-state index in [2.05, 4.69) is 9.97 Å². The van der Waals surface area contributed by atoms with E-state index in [4.69, 9.17) is 4.42 Å². The number of aromatic amines is 1. The van der Waals surface area contributed by atoms with E-state index in [1.54, 1.807) is 6.07 Å². The molecule has 2 N–H and O–H groups in total. The van der Waals surface area contributed by atoms with Crippen LogP contribution in [0.5, 0.6) is 5.88 Å². The van der Waals surface area contributed by atoms with Crippen molar-refractivity contribution in [2.24, 2.45) is 0 Å². The SMILES string of the molecule is Cc1oc(-c2ccccc2)nc1CCC(=O)c1ccc(Cc2sc(=O)[nH]c2O)s1. The standard InChI is InChI=1S/C21H18N2O4S2/c1-12-15(22-20(27-12)13-5-3-2-4-6-13)8-9-16(24)17-10-7-14(28-17)11-18-19(25)23-21(26)29-18/h2-7,10,25H,8-9,11H2,1H3,(H,23,26). The predicted molar refractivity (Wildman–Crippen MR) is 113 cm³/mol. The van der Waals surface area contributed by atoms with Crippen molar-refractivity contribution in [3.8, 4) is 17.3 Å². The van der Waals surface area contributed by atoms with Gasteiger partial charge in [-0.1, -0.05) is 29.5 Å². The third kappa shape index (κ3) is 4.38. The third-order valence-corrected chi connectivity index (χ3v) is 6.47. The minimum absolute atomic E-state index is 0.0383. The molecule has 3 heterocycles. The van der Waals surface area contributed by atoms with E-state index in [0.29, 0.717) is 34.9 Å². The molecular formula is C21H18N2O4S2. The average molecular weight is 427 g/mol. The summed E-state index contributed by atoms with van der Waals surface area (Å²) in [5, 5.41) is 9.71. The van der Waals surface area contributed by atoms with Crippen LogP contribution in [0.1, 0.15) is 37.3 Å². The first-order valence-corrected chi connectivity index (χ1v) is 10.7. The number of oxazole rings is 1. The summed E-state index contributed by atoms with van der Waals surface area (Å²) < 4.78 is 5.75. The molecule has 29 heavy (non-hydrogen) atoms. The molecule has 6 nitrogen and oxygen atoms in total. The number of thiazole rings is 1. The quantitative estimate of drug-likeness (QED) is 0.422. The van der Waals surface area contributed by atoms with Gasteiger partial charge in [0.15, 0.2) is 5.78 Å². The number of aromatic hydroxyl groups is 1. The zero-order valence-electron chi connectivity index (χ0n) is 15.6. The highest BCUT2D eigenvalue weighted by atomic mass is 32.1. The Bertz CT molecular complexity index is 1200. The van der Waals surface area contributed by atoms with E-state index in [1.807, 2.05) is 43.3 Å². The normalized spacial score (nSPS) is 11.1. The molecule has 0 bridgehead atoms. The van der Waals surface area contributed by atoms with Gasteiger partial charge in [-0.25, -0.2) is 4.98 Å². The Morgan fingerprint density at radius 3 is 2.69 bits per heavy atom. The second kappa shape index (κ2) is 8.18. The summed E-state index contributed by atoms with van der Waals surface area (Å²) in [4.78, 5) is 32.6. The number of Topliss-reactive ketones (excluding diaryl/α,β-unsaturated/α-hetero) is 1. The fourth-order valence-electron chi connectivity index (χ4n) is 2.97. The van der Waals surface area contributed by atoms with Gasteiger partial charge in [0.2, 0.25) is 11.8 Å². The Morgan fingerprint density at radius 1 is 1.17 bits per heavy atom. The Hall–Kier alpha value is -2.97. The number of nitrogens with zero attached hydrogens (tertiary/aromatic N) is 1. The summed E-state index contributed by atoms with van der Waals surface area (Å²) in [5.41, 5.74) is 1.70. The maximum atomic E-state index is 12.6. The average Bonchev–Trinajstić information content (AvgIpc) is 3.40. The molecule has 0 saturated heterocycles. The molecule has 0 saturated carbocycles. The van der Waals surface area contributed by atoms with Crippen LogP contribution < -0.4 is 4.87 Å². The molecule has 0 fully saturated rings. The minimum atomic E-state index is -0.289. The highest BCUT2D eigenvalue weighted by molar-refractivity contribution is 7.14. The molecular weight excluding hydrogens is 408 g/mol. The number of ketones is 1. The van der Waals surface area contributed by atoms with E-state index < -0.39 is 0 Å². The smallest absolute Gasteiger partial charge is 0.307 e. The molecule has 0 amide bonds. The van der Waals surface area contributed by atoms with Crippen molar-refractivity contribution in [2.45, 2.75) is 26.2 Å². The van der Waals surface area contributed by atoms with Crippen molar-refractivity contribution in [2.75, 3.05) is 0 Å². The van der Waals surface area contributed by atoms with Crippen LogP contribution in [0, 0.1) is 6.92 Å². The molecule has 4 aromatic rings. The molecule has 0 aliphatic heterocycles. The van der Waals surface area contributed by atoms with Crippen LogP contribution in [0.3, 0.4) is 0 Å². The first-order chi connectivity index (χ1) is 14.0. The van der Waals surface area contributed by atoms with Gasteiger partial charge < -0.3 is 9.52 Å². The fourth-order valence-corrected chi connectivity index (χ4v) is 4.80. The van der Waals surface area contributed by atoms with Gasteiger partial charge in [-0.15, -0.1) is 11.3 Å². The topological polar surface area (TPSA) is 96.2 Å². The summed E-state index contributed by atoms with van der Waals surface area (Å²) in [6.07, 6.45) is 1.27. The summed E-state index contributed by atoms with van der Waals surface area (Å²) in [7, 11) is 0. The molecule has 4 rings (SSSR count). The summed E-state index contributed by atoms with van der Waals surface area (Å²) in [6.45, 7) is 1.86. The van der Waals surface area contributed by atoms with Gasteiger partial charge in [0.1, 0.15) is 5.76 Å². The zero-order chi connectivity index (χ0) is 20.4. The Labute approximate surface area is 174 Å².